The van der Waals surface area contributed by atoms with Crippen molar-refractivity contribution >= 4 is 11.6 Å². The van der Waals surface area contributed by atoms with Crippen LogP contribution in [0.4, 0.5) is 0 Å². The van der Waals surface area contributed by atoms with Crippen LogP contribution in [0.25, 0.3) is 0 Å². The van der Waals surface area contributed by atoms with Gasteiger partial charge in [-0.3, -0.25) is 9.59 Å². The predicted molar refractivity (Wildman–Crippen MR) is 124 cm³/mol. The molecule has 5 rings (SSSR count). The summed E-state index contributed by atoms with van der Waals surface area (Å²) in [6.45, 7) is 6.65. The minimum Gasteiger partial charge on any atom is -0.508 e. The van der Waals surface area contributed by atoms with Crippen LogP contribution in [0.2, 0.25) is 0 Å². The number of benzene rings is 1. The summed E-state index contributed by atoms with van der Waals surface area (Å²) in [6.07, 6.45) is 10.9. The molecule has 0 amide bonds. The maximum Gasteiger partial charge on any atom is 0.155 e. The number of hydrogen-bond donors (Lipinski definition) is 2. The Balaban J connectivity index is 0.000000274. The molecule has 3 saturated carbocycles. The Morgan fingerprint density at radius 3 is 2.12 bits per heavy atom. The summed E-state index contributed by atoms with van der Waals surface area (Å²) in [6, 6.07) is 5.70. The maximum absolute atomic E-state index is 12.1. The lowest BCUT2D eigenvalue weighted by molar-refractivity contribution is -0.128. The zero-order valence-corrected chi connectivity index (χ0v) is 19.6. The van der Waals surface area contributed by atoms with E-state index in [0.29, 0.717) is 17.5 Å². The first-order chi connectivity index (χ1) is 14.6. The molecule has 32 heavy (non-hydrogen) atoms. The van der Waals surface area contributed by atoms with E-state index < -0.39 is 0 Å². The Kier molecular flexibility index (Phi) is 6.90. The molecule has 5 heteroatoms. The number of rotatable bonds is 1. The van der Waals surface area contributed by atoms with E-state index in [2.05, 4.69) is 13.8 Å². The predicted octanol–water partition coefficient (Wildman–Crippen LogP) is 5.00. The van der Waals surface area contributed by atoms with E-state index in [-0.39, 0.29) is 27.8 Å². The molecule has 4 aliphatic rings. The first-order valence-corrected chi connectivity index (χ1v) is 11.9. The maximum atomic E-state index is 12.1. The molecule has 0 saturated heterocycles. The minimum absolute atomic E-state index is 0. The largest absolute Gasteiger partial charge is 0.508 e. The lowest BCUT2D eigenvalue weighted by atomic mass is 9.47. The number of carbonyl (C=O) groups is 2. The van der Waals surface area contributed by atoms with Crippen molar-refractivity contribution in [1.29, 1.82) is 0 Å². The van der Waals surface area contributed by atoms with Crippen molar-refractivity contribution in [2.75, 3.05) is 0 Å². The fourth-order valence-corrected chi connectivity index (χ4v) is 7.68. The van der Waals surface area contributed by atoms with E-state index in [1.807, 2.05) is 6.08 Å². The molecular weight excluding hydrogens is 404 g/mol. The summed E-state index contributed by atoms with van der Waals surface area (Å²) in [7, 11) is 0. The van der Waals surface area contributed by atoms with E-state index in [4.69, 9.17) is 10.2 Å². The molecule has 0 heterocycles. The standard InChI is InChI=1S/C21H30O2.C6H6O2.H2O/c1-13(22)17-6-7-18-16-5-4-14-12-15(23)8-10-20(14,2)19(16)9-11-21(17,18)3;7-5-1-2-6(8)4-3-5;/h12,16-19H,4-11H2,1-3H3;1-4,7-8H;1H2/t16-,17+,18-,19-,20-,21+;;/m0../s1. The summed E-state index contributed by atoms with van der Waals surface area (Å²) in [4.78, 5) is 24.0. The number of Topliss-reactive ketones (excluding diaryl/α,β-unsaturated/α-hetero) is 1. The van der Waals surface area contributed by atoms with Crippen molar-refractivity contribution in [3.05, 3.63) is 35.9 Å². The van der Waals surface area contributed by atoms with Gasteiger partial charge in [-0.05, 0) is 111 Å². The van der Waals surface area contributed by atoms with Gasteiger partial charge in [-0.2, -0.15) is 0 Å². The Morgan fingerprint density at radius 1 is 0.906 bits per heavy atom. The van der Waals surface area contributed by atoms with Gasteiger partial charge in [0.1, 0.15) is 17.3 Å². The topological polar surface area (TPSA) is 106 Å². The highest BCUT2D eigenvalue weighted by molar-refractivity contribution is 5.91. The van der Waals surface area contributed by atoms with Crippen molar-refractivity contribution in [1.82, 2.24) is 0 Å². The van der Waals surface area contributed by atoms with Crippen molar-refractivity contribution in [3.8, 4) is 11.5 Å². The number of aromatic hydroxyl groups is 2. The van der Waals surface area contributed by atoms with Crippen LogP contribution in [0.15, 0.2) is 35.9 Å². The lowest BCUT2D eigenvalue weighted by Crippen LogP contribution is -2.51. The highest BCUT2D eigenvalue weighted by Crippen LogP contribution is 2.66. The Bertz CT molecular complexity index is 867. The second kappa shape index (κ2) is 9.01. The minimum atomic E-state index is 0. The molecule has 3 fully saturated rings. The van der Waals surface area contributed by atoms with Crippen LogP contribution < -0.4 is 0 Å². The number of allylic oxidation sites excluding steroid dienone is 1. The first kappa shape index (κ1) is 24.5. The molecule has 0 bridgehead atoms. The lowest BCUT2D eigenvalue weighted by Gasteiger charge is -2.58. The van der Waals surface area contributed by atoms with Gasteiger partial charge in [0.25, 0.3) is 0 Å². The molecule has 4 N–H and O–H groups in total. The molecule has 0 aromatic heterocycles. The van der Waals surface area contributed by atoms with Crippen LogP contribution >= 0.6 is 0 Å². The zero-order chi connectivity index (χ0) is 22.4. The van der Waals surface area contributed by atoms with Crippen molar-refractivity contribution in [3.63, 3.8) is 0 Å². The fraction of sp³-hybridized carbons (Fsp3) is 0.630. The van der Waals surface area contributed by atoms with Gasteiger partial charge in [-0.1, -0.05) is 19.4 Å². The summed E-state index contributed by atoms with van der Waals surface area (Å²) in [5, 5.41) is 17.3. The molecule has 4 aliphatic carbocycles. The monoisotopic (exact) mass is 442 g/mol. The van der Waals surface area contributed by atoms with Gasteiger partial charge in [0.2, 0.25) is 0 Å². The van der Waals surface area contributed by atoms with Crippen LogP contribution in [0, 0.1) is 34.5 Å². The molecule has 5 nitrogen and oxygen atoms in total. The summed E-state index contributed by atoms with van der Waals surface area (Å²) < 4.78 is 0. The molecule has 0 aliphatic heterocycles. The Hall–Kier alpha value is -2.14. The number of phenolic OH excluding ortho intramolecular Hbond substituents is 2. The van der Waals surface area contributed by atoms with E-state index >= 15 is 0 Å². The van der Waals surface area contributed by atoms with Crippen LogP contribution in [0.5, 0.6) is 11.5 Å². The summed E-state index contributed by atoms with van der Waals surface area (Å²) in [5.41, 5.74) is 1.95. The highest BCUT2D eigenvalue weighted by atomic mass is 16.3. The van der Waals surface area contributed by atoms with E-state index in [0.717, 1.165) is 43.4 Å². The number of ketones is 2. The molecular formula is C27H38O5. The fourth-order valence-electron chi connectivity index (χ4n) is 7.68. The second-order valence-corrected chi connectivity index (χ2v) is 10.8. The summed E-state index contributed by atoms with van der Waals surface area (Å²) in [5.74, 6) is 3.63. The highest BCUT2D eigenvalue weighted by Gasteiger charge is 2.59. The van der Waals surface area contributed by atoms with Crippen molar-refractivity contribution < 1.29 is 25.3 Å². The normalized spacial score (nSPS) is 37.5. The van der Waals surface area contributed by atoms with Gasteiger partial charge in [0.05, 0.1) is 0 Å². The zero-order valence-electron chi connectivity index (χ0n) is 19.6. The van der Waals surface area contributed by atoms with Gasteiger partial charge < -0.3 is 15.7 Å². The average Bonchev–Trinajstić information content (AvgIpc) is 3.09. The van der Waals surface area contributed by atoms with Crippen molar-refractivity contribution in [2.24, 2.45) is 34.5 Å². The van der Waals surface area contributed by atoms with Crippen LogP contribution in [0.3, 0.4) is 0 Å². The third kappa shape index (κ3) is 4.12. The molecule has 1 aromatic rings. The van der Waals surface area contributed by atoms with Gasteiger partial charge in [-0.15, -0.1) is 0 Å². The van der Waals surface area contributed by atoms with E-state index in [9.17, 15) is 9.59 Å². The molecule has 6 atom stereocenters. The number of phenols is 2. The molecule has 1 aromatic carbocycles. The van der Waals surface area contributed by atoms with Crippen molar-refractivity contribution in [2.45, 2.75) is 72.1 Å². The second-order valence-electron chi connectivity index (χ2n) is 10.8. The molecule has 0 radical (unpaired) electrons. The first-order valence-electron chi connectivity index (χ1n) is 11.9. The molecule has 0 unspecified atom stereocenters. The van der Waals surface area contributed by atoms with Crippen LogP contribution in [0.1, 0.15) is 72.1 Å². The smallest absolute Gasteiger partial charge is 0.155 e. The molecule has 0 spiro atoms. The SMILES string of the molecule is CC(=O)[C@H]1CC[C@H]2[C@@H]3CCC4=CC(=O)CC[C@]4(C)[C@H]3CC[C@]12C.O.Oc1ccc(O)cc1. The van der Waals surface area contributed by atoms with Gasteiger partial charge in [0, 0.05) is 12.3 Å². The summed E-state index contributed by atoms with van der Waals surface area (Å²) >= 11 is 0. The number of fused-ring (bicyclic) bond motifs is 5. The third-order valence-corrected chi connectivity index (χ3v) is 9.30. The Morgan fingerprint density at radius 2 is 1.53 bits per heavy atom. The third-order valence-electron chi connectivity index (χ3n) is 9.30. The van der Waals surface area contributed by atoms with E-state index in [1.54, 1.807) is 6.92 Å². The number of carbonyl (C=O) groups excluding carboxylic acids is 2. The van der Waals surface area contributed by atoms with Crippen LogP contribution in [-0.4, -0.2) is 27.3 Å². The number of hydrogen-bond acceptors (Lipinski definition) is 4. The van der Waals surface area contributed by atoms with Gasteiger partial charge in [0.15, 0.2) is 5.78 Å². The quantitative estimate of drug-likeness (QED) is 0.597. The Labute approximate surface area is 191 Å². The molecule has 176 valence electrons. The van der Waals surface area contributed by atoms with Gasteiger partial charge in [-0.25, -0.2) is 0 Å². The van der Waals surface area contributed by atoms with Crippen LogP contribution in [-0.2, 0) is 9.59 Å². The van der Waals surface area contributed by atoms with E-state index in [1.165, 1.54) is 55.5 Å². The van der Waals surface area contributed by atoms with Gasteiger partial charge >= 0.3 is 0 Å². The average molecular weight is 443 g/mol.